The van der Waals surface area contributed by atoms with Gasteiger partial charge in [-0.1, -0.05) is 12.2 Å². The van der Waals surface area contributed by atoms with Gasteiger partial charge in [-0.25, -0.2) is 0 Å². The summed E-state index contributed by atoms with van der Waals surface area (Å²) in [6, 6.07) is 2.18. The molecule has 2 fully saturated rings. The summed E-state index contributed by atoms with van der Waals surface area (Å²) in [5, 5.41) is 12.7. The van der Waals surface area contributed by atoms with Crippen LogP contribution in [0, 0.1) is 35.0 Å². The molecule has 1 aromatic heterocycles. The number of imide groups is 1. The van der Waals surface area contributed by atoms with Gasteiger partial charge in [-0.2, -0.15) is 5.26 Å². The molecule has 6 nitrogen and oxygen atoms in total. The molecule has 2 heterocycles. The van der Waals surface area contributed by atoms with Gasteiger partial charge in [0.25, 0.3) is 0 Å². The zero-order valence-corrected chi connectivity index (χ0v) is 14.8. The van der Waals surface area contributed by atoms with E-state index in [9.17, 15) is 19.6 Å². The molecule has 4 unspecified atom stereocenters. The monoisotopic (exact) mass is 367 g/mol. The summed E-state index contributed by atoms with van der Waals surface area (Å²) in [6.07, 6.45) is 7.79. The quantitative estimate of drug-likeness (QED) is 0.652. The first kappa shape index (κ1) is 15.8. The molecule has 26 heavy (non-hydrogen) atoms. The van der Waals surface area contributed by atoms with Crippen LogP contribution in [0.25, 0.3) is 0 Å². The number of nitrogens with one attached hydrogen (secondary N) is 1. The molecule has 0 spiro atoms. The fraction of sp³-hybridized carbons (Fsp3) is 0.474. The molecule has 1 saturated heterocycles. The van der Waals surface area contributed by atoms with E-state index >= 15 is 0 Å². The average Bonchev–Trinajstić information content (AvgIpc) is 3.39. The molecule has 1 aliphatic heterocycles. The highest BCUT2D eigenvalue weighted by Gasteiger charge is 2.59. The molecule has 1 N–H and O–H groups in total. The summed E-state index contributed by atoms with van der Waals surface area (Å²) < 4.78 is 0. The number of hydrogen-bond donors (Lipinski definition) is 1. The van der Waals surface area contributed by atoms with Crippen LogP contribution in [0.4, 0.5) is 5.00 Å². The van der Waals surface area contributed by atoms with Gasteiger partial charge in [-0.15, -0.1) is 11.3 Å². The third-order valence-electron chi connectivity index (χ3n) is 6.15. The van der Waals surface area contributed by atoms with Crippen LogP contribution in [0.2, 0.25) is 0 Å². The first-order valence-electron chi connectivity index (χ1n) is 8.96. The largest absolute Gasteiger partial charge is 0.315 e. The minimum Gasteiger partial charge on any atom is -0.315 e. The minimum atomic E-state index is -0.414. The molecule has 1 aromatic rings. The number of anilines is 1. The van der Waals surface area contributed by atoms with E-state index in [1.54, 1.807) is 0 Å². The summed E-state index contributed by atoms with van der Waals surface area (Å²) in [6.45, 7) is -0.266. The van der Waals surface area contributed by atoms with Gasteiger partial charge in [0.15, 0.2) is 0 Å². The second kappa shape index (κ2) is 5.52. The number of amides is 3. The predicted molar refractivity (Wildman–Crippen MR) is 94.1 cm³/mol. The predicted octanol–water partition coefficient (Wildman–Crippen LogP) is 1.85. The lowest BCUT2D eigenvalue weighted by Crippen LogP contribution is -2.39. The SMILES string of the molecule is N#Cc1c(NC(=O)CN2C(=O)C3C4C=CC(C4)C3C2=O)sc2c1CCC2. The Balaban J connectivity index is 1.32. The second-order valence-corrected chi connectivity index (χ2v) is 8.59. The van der Waals surface area contributed by atoms with Gasteiger partial charge in [0.2, 0.25) is 17.7 Å². The van der Waals surface area contributed by atoms with E-state index in [1.165, 1.54) is 11.3 Å². The fourth-order valence-corrected chi connectivity index (χ4v) is 6.30. The second-order valence-electron chi connectivity index (χ2n) is 7.48. The third kappa shape index (κ3) is 2.05. The molecular weight excluding hydrogens is 350 g/mol. The Labute approximate surface area is 154 Å². The zero-order chi connectivity index (χ0) is 18.0. The van der Waals surface area contributed by atoms with E-state index in [-0.39, 0.29) is 42.0 Å². The topological polar surface area (TPSA) is 90.3 Å². The first-order valence-corrected chi connectivity index (χ1v) is 9.78. The molecule has 0 aromatic carbocycles. The Morgan fingerprint density at radius 1 is 1.23 bits per heavy atom. The lowest BCUT2D eigenvalue weighted by Gasteiger charge is -2.16. The van der Waals surface area contributed by atoms with Crippen molar-refractivity contribution in [2.24, 2.45) is 23.7 Å². The van der Waals surface area contributed by atoms with Crippen LogP contribution in [-0.2, 0) is 27.2 Å². The Bertz CT molecular complexity index is 895. The van der Waals surface area contributed by atoms with Crippen LogP contribution in [0.5, 0.6) is 0 Å². The lowest BCUT2D eigenvalue weighted by atomic mass is 9.85. The van der Waals surface area contributed by atoms with Crippen LogP contribution in [0.1, 0.15) is 28.8 Å². The van der Waals surface area contributed by atoms with E-state index in [1.807, 2.05) is 12.2 Å². The molecule has 3 aliphatic carbocycles. The van der Waals surface area contributed by atoms with Crippen molar-refractivity contribution in [1.82, 2.24) is 4.90 Å². The van der Waals surface area contributed by atoms with E-state index in [0.29, 0.717) is 10.6 Å². The maximum atomic E-state index is 12.7. The maximum absolute atomic E-state index is 12.7. The van der Waals surface area contributed by atoms with Crippen molar-refractivity contribution >= 4 is 34.1 Å². The van der Waals surface area contributed by atoms with E-state index in [0.717, 1.165) is 41.0 Å². The number of carbonyl (C=O) groups excluding carboxylic acids is 3. The van der Waals surface area contributed by atoms with E-state index in [2.05, 4.69) is 11.4 Å². The lowest BCUT2D eigenvalue weighted by molar-refractivity contribution is -0.143. The Kier molecular flexibility index (Phi) is 3.35. The minimum absolute atomic E-state index is 0.139. The molecule has 132 valence electrons. The Morgan fingerprint density at radius 2 is 1.92 bits per heavy atom. The standard InChI is InChI=1S/C19H17N3O3S/c20-7-12-11-2-1-3-13(11)26-17(12)21-14(23)8-22-18(24)15-9-4-5-10(6-9)16(15)19(22)25/h4-5,9-10,15-16H,1-3,6,8H2,(H,21,23). The van der Waals surface area contributed by atoms with Crippen molar-refractivity contribution in [3.05, 3.63) is 28.2 Å². The molecule has 3 amide bonds. The summed E-state index contributed by atoms with van der Waals surface area (Å²) in [5.74, 6) is -1.15. The summed E-state index contributed by atoms with van der Waals surface area (Å²) in [4.78, 5) is 40.1. The summed E-state index contributed by atoms with van der Waals surface area (Å²) in [5.41, 5.74) is 1.58. The highest BCUT2D eigenvalue weighted by molar-refractivity contribution is 7.16. The Morgan fingerprint density at radius 3 is 2.58 bits per heavy atom. The molecular formula is C19H17N3O3S. The van der Waals surface area contributed by atoms with Crippen molar-refractivity contribution in [1.29, 1.82) is 5.26 Å². The van der Waals surface area contributed by atoms with Crippen molar-refractivity contribution in [2.45, 2.75) is 25.7 Å². The van der Waals surface area contributed by atoms with Crippen LogP contribution in [0.3, 0.4) is 0 Å². The van der Waals surface area contributed by atoms with Crippen molar-refractivity contribution in [3.8, 4) is 6.07 Å². The van der Waals surface area contributed by atoms with Gasteiger partial charge in [0.1, 0.15) is 17.6 Å². The number of rotatable bonds is 3. The number of likely N-dealkylation sites (tertiary alicyclic amines) is 1. The molecule has 4 aliphatic rings. The number of thiophene rings is 1. The van der Waals surface area contributed by atoms with Crippen LogP contribution in [-0.4, -0.2) is 29.2 Å². The maximum Gasteiger partial charge on any atom is 0.245 e. The summed E-state index contributed by atoms with van der Waals surface area (Å²) >= 11 is 1.44. The van der Waals surface area contributed by atoms with E-state index < -0.39 is 5.91 Å². The van der Waals surface area contributed by atoms with Crippen LogP contribution in [0.15, 0.2) is 12.2 Å². The number of nitriles is 1. The highest BCUT2D eigenvalue weighted by Crippen LogP contribution is 2.52. The van der Waals surface area contributed by atoms with Gasteiger partial charge >= 0.3 is 0 Å². The van der Waals surface area contributed by atoms with Crippen molar-refractivity contribution in [2.75, 3.05) is 11.9 Å². The number of nitrogens with zero attached hydrogens (tertiary/aromatic N) is 2. The molecule has 4 atom stereocenters. The first-order chi connectivity index (χ1) is 12.6. The number of allylic oxidation sites excluding steroid dienone is 2. The molecule has 5 rings (SSSR count). The molecule has 7 heteroatoms. The van der Waals surface area contributed by atoms with E-state index in [4.69, 9.17) is 0 Å². The molecule has 2 bridgehead atoms. The molecule has 1 saturated carbocycles. The number of hydrogen-bond acceptors (Lipinski definition) is 5. The number of carbonyl (C=O) groups is 3. The summed E-state index contributed by atoms with van der Waals surface area (Å²) in [7, 11) is 0. The van der Waals surface area contributed by atoms with Crippen LogP contribution < -0.4 is 5.32 Å². The van der Waals surface area contributed by atoms with Gasteiger partial charge in [0, 0.05) is 4.88 Å². The average molecular weight is 367 g/mol. The van der Waals surface area contributed by atoms with Gasteiger partial charge < -0.3 is 5.32 Å². The number of aryl methyl sites for hydroxylation is 1. The van der Waals surface area contributed by atoms with Gasteiger partial charge in [0.05, 0.1) is 17.4 Å². The number of fused-ring (bicyclic) bond motifs is 6. The smallest absolute Gasteiger partial charge is 0.245 e. The fourth-order valence-electron chi connectivity index (χ4n) is 5.04. The normalized spacial score (nSPS) is 30.7. The molecule has 0 radical (unpaired) electrons. The van der Waals surface area contributed by atoms with Gasteiger partial charge in [-0.3, -0.25) is 19.3 Å². The van der Waals surface area contributed by atoms with Gasteiger partial charge in [-0.05, 0) is 43.1 Å². The van der Waals surface area contributed by atoms with Crippen molar-refractivity contribution in [3.63, 3.8) is 0 Å². The third-order valence-corrected chi connectivity index (χ3v) is 7.36. The Hall–Kier alpha value is -2.46. The van der Waals surface area contributed by atoms with Crippen molar-refractivity contribution < 1.29 is 14.4 Å². The van der Waals surface area contributed by atoms with Crippen LogP contribution >= 0.6 is 11.3 Å². The highest BCUT2D eigenvalue weighted by atomic mass is 32.1. The zero-order valence-electron chi connectivity index (χ0n) is 14.0.